The summed E-state index contributed by atoms with van der Waals surface area (Å²) in [6.45, 7) is 8.34. The van der Waals surface area contributed by atoms with Crippen LogP contribution in [0.5, 0.6) is 0 Å². The molecule has 1 fully saturated rings. The number of carbonyl (C=O) groups excluding carboxylic acids is 1. The number of nitrogens with zero attached hydrogens (tertiary/aromatic N) is 1. The maximum atomic E-state index is 12.2. The Morgan fingerprint density at radius 1 is 1.31 bits per heavy atom. The van der Waals surface area contributed by atoms with Crippen LogP contribution in [0.1, 0.15) is 34.8 Å². The van der Waals surface area contributed by atoms with Gasteiger partial charge in [0.2, 0.25) is 0 Å². The fourth-order valence-corrected chi connectivity index (χ4v) is 3.37. The molecule has 2 nitrogen and oxygen atoms in total. The Kier molecular flexibility index (Phi) is 3.33. The molecular weight excluding hydrogens is 218 g/mol. The lowest BCUT2D eigenvalue weighted by atomic mass is 9.92. The monoisotopic (exact) mass is 237 g/mol. The minimum Gasteiger partial charge on any atom is -0.337 e. The highest BCUT2D eigenvalue weighted by Gasteiger charge is 2.26. The van der Waals surface area contributed by atoms with Gasteiger partial charge in [0, 0.05) is 18.0 Å². The molecule has 0 radical (unpaired) electrons. The first-order valence-electron chi connectivity index (χ1n) is 5.92. The summed E-state index contributed by atoms with van der Waals surface area (Å²) in [5.74, 6) is 1.49. The van der Waals surface area contributed by atoms with Crippen molar-refractivity contribution in [2.75, 3.05) is 13.1 Å². The molecule has 0 spiro atoms. The van der Waals surface area contributed by atoms with Gasteiger partial charge in [-0.2, -0.15) is 0 Å². The molecule has 1 aliphatic rings. The Hall–Kier alpha value is -0.830. The third kappa shape index (κ3) is 2.46. The van der Waals surface area contributed by atoms with E-state index >= 15 is 0 Å². The Morgan fingerprint density at radius 3 is 2.44 bits per heavy atom. The molecule has 0 bridgehead atoms. The largest absolute Gasteiger partial charge is 0.337 e. The van der Waals surface area contributed by atoms with Gasteiger partial charge >= 0.3 is 0 Å². The first kappa shape index (κ1) is 11.6. The second kappa shape index (κ2) is 4.58. The van der Waals surface area contributed by atoms with E-state index in [0.29, 0.717) is 11.8 Å². The molecule has 16 heavy (non-hydrogen) atoms. The highest BCUT2D eigenvalue weighted by molar-refractivity contribution is 7.13. The molecule has 0 saturated carbocycles. The number of thiophene rings is 1. The fourth-order valence-electron chi connectivity index (χ4n) is 2.53. The van der Waals surface area contributed by atoms with Crippen LogP contribution in [0.4, 0.5) is 0 Å². The quantitative estimate of drug-likeness (QED) is 0.734. The molecule has 2 heterocycles. The van der Waals surface area contributed by atoms with Crippen molar-refractivity contribution in [3.05, 3.63) is 21.9 Å². The maximum absolute atomic E-state index is 12.2. The van der Waals surface area contributed by atoms with Crippen molar-refractivity contribution in [2.45, 2.75) is 27.2 Å². The van der Waals surface area contributed by atoms with Gasteiger partial charge in [-0.25, -0.2) is 0 Å². The van der Waals surface area contributed by atoms with E-state index in [-0.39, 0.29) is 5.91 Å². The van der Waals surface area contributed by atoms with Gasteiger partial charge in [-0.1, -0.05) is 13.8 Å². The zero-order valence-corrected chi connectivity index (χ0v) is 11.0. The minimum absolute atomic E-state index is 0.219. The highest BCUT2D eigenvalue weighted by Crippen LogP contribution is 2.24. The zero-order valence-electron chi connectivity index (χ0n) is 10.2. The van der Waals surface area contributed by atoms with Gasteiger partial charge in [-0.15, -0.1) is 11.3 Å². The summed E-state index contributed by atoms with van der Waals surface area (Å²) < 4.78 is 0. The number of aryl methyl sites for hydroxylation is 1. The summed E-state index contributed by atoms with van der Waals surface area (Å²) in [6.07, 6.45) is 1.24. The van der Waals surface area contributed by atoms with E-state index in [0.717, 1.165) is 18.0 Å². The van der Waals surface area contributed by atoms with Gasteiger partial charge in [-0.05, 0) is 37.3 Å². The summed E-state index contributed by atoms with van der Waals surface area (Å²) >= 11 is 1.60. The summed E-state index contributed by atoms with van der Waals surface area (Å²) in [6, 6.07) is 3.97. The summed E-state index contributed by atoms with van der Waals surface area (Å²) in [5.41, 5.74) is 0. The van der Waals surface area contributed by atoms with Crippen molar-refractivity contribution in [1.82, 2.24) is 4.90 Å². The number of likely N-dealkylation sites (tertiary alicyclic amines) is 1. The van der Waals surface area contributed by atoms with Gasteiger partial charge in [0.15, 0.2) is 0 Å². The molecule has 0 N–H and O–H groups in total. The normalized spacial score (nSPS) is 25.8. The van der Waals surface area contributed by atoms with Gasteiger partial charge in [0.1, 0.15) is 0 Å². The fraction of sp³-hybridized carbons (Fsp3) is 0.615. The van der Waals surface area contributed by atoms with Gasteiger partial charge in [0.25, 0.3) is 5.91 Å². The van der Waals surface area contributed by atoms with E-state index in [4.69, 9.17) is 0 Å². The lowest BCUT2D eigenvalue weighted by Crippen LogP contribution is -2.42. The third-order valence-corrected chi connectivity index (χ3v) is 4.10. The second-order valence-electron chi connectivity index (χ2n) is 5.07. The molecule has 1 aromatic heterocycles. The molecule has 1 aromatic rings. The Morgan fingerprint density at radius 2 is 1.94 bits per heavy atom. The Balaban J connectivity index is 2.09. The summed E-state index contributed by atoms with van der Waals surface area (Å²) in [4.78, 5) is 16.4. The van der Waals surface area contributed by atoms with Crippen LogP contribution in [-0.4, -0.2) is 23.9 Å². The standard InChI is InChI=1S/C13H19NOS/c1-9-6-10(2)8-14(7-9)13(15)12-5-4-11(3)16-12/h4-5,9-10H,6-8H2,1-3H3. The van der Waals surface area contributed by atoms with Crippen LogP contribution >= 0.6 is 11.3 Å². The number of amides is 1. The van der Waals surface area contributed by atoms with Crippen molar-refractivity contribution in [1.29, 1.82) is 0 Å². The first-order chi connectivity index (χ1) is 7.56. The van der Waals surface area contributed by atoms with E-state index in [9.17, 15) is 4.79 Å². The SMILES string of the molecule is Cc1ccc(C(=O)N2CC(C)CC(C)C2)s1. The average Bonchev–Trinajstić information content (AvgIpc) is 2.62. The predicted molar refractivity (Wildman–Crippen MR) is 67.9 cm³/mol. The number of hydrogen-bond donors (Lipinski definition) is 0. The van der Waals surface area contributed by atoms with Gasteiger partial charge < -0.3 is 4.90 Å². The van der Waals surface area contributed by atoms with E-state index < -0.39 is 0 Å². The minimum atomic E-state index is 0.219. The van der Waals surface area contributed by atoms with Crippen LogP contribution in [0.15, 0.2) is 12.1 Å². The average molecular weight is 237 g/mol. The topological polar surface area (TPSA) is 20.3 Å². The number of hydrogen-bond acceptors (Lipinski definition) is 2. The molecule has 2 rings (SSSR count). The molecule has 88 valence electrons. The molecule has 1 aliphatic heterocycles. The van der Waals surface area contributed by atoms with E-state index in [1.54, 1.807) is 11.3 Å². The molecule has 1 amide bonds. The lowest BCUT2D eigenvalue weighted by molar-refractivity contribution is 0.0628. The number of carbonyl (C=O) groups is 1. The van der Waals surface area contributed by atoms with Crippen molar-refractivity contribution in [3.63, 3.8) is 0 Å². The van der Waals surface area contributed by atoms with Gasteiger partial charge in [-0.3, -0.25) is 4.79 Å². The Labute approximate surface area is 101 Å². The summed E-state index contributed by atoms with van der Waals surface area (Å²) in [7, 11) is 0. The molecule has 1 saturated heterocycles. The van der Waals surface area contributed by atoms with E-state index in [1.165, 1.54) is 11.3 Å². The number of piperidine rings is 1. The van der Waals surface area contributed by atoms with Crippen LogP contribution in [0.25, 0.3) is 0 Å². The van der Waals surface area contributed by atoms with Crippen LogP contribution in [-0.2, 0) is 0 Å². The van der Waals surface area contributed by atoms with Crippen molar-refractivity contribution in [2.24, 2.45) is 11.8 Å². The smallest absolute Gasteiger partial charge is 0.263 e. The molecule has 0 aliphatic carbocycles. The molecule has 0 aromatic carbocycles. The zero-order chi connectivity index (χ0) is 11.7. The van der Waals surface area contributed by atoms with E-state index in [2.05, 4.69) is 13.8 Å². The van der Waals surface area contributed by atoms with Crippen molar-refractivity contribution >= 4 is 17.2 Å². The second-order valence-corrected chi connectivity index (χ2v) is 6.35. The van der Waals surface area contributed by atoms with Crippen molar-refractivity contribution < 1.29 is 4.79 Å². The lowest BCUT2D eigenvalue weighted by Gasteiger charge is -2.34. The molecular formula is C13H19NOS. The van der Waals surface area contributed by atoms with E-state index in [1.807, 2.05) is 24.0 Å². The maximum Gasteiger partial charge on any atom is 0.263 e. The predicted octanol–water partition coefficient (Wildman–Crippen LogP) is 3.17. The van der Waals surface area contributed by atoms with Crippen LogP contribution in [0.3, 0.4) is 0 Å². The third-order valence-electron chi connectivity index (χ3n) is 3.11. The Bertz CT molecular complexity index is 375. The first-order valence-corrected chi connectivity index (χ1v) is 6.73. The van der Waals surface area contributed by atoms with Crippen LogP contribution in [0.2, 0.25) is 0 Å². The highest BCUT2D eigenvalue weighted by atomic mass is 32.1. The molecule has 2 atom stereocenters. The summed E-state index contributed by atoms with van der Waals surface area (Å²) in [5, 5.41) is 0. The van der Waals surface area contributed by atoms with Crippen LogP contribution < -0.4 is 0 Å². The van der Waals surface area contributed by atoms with Crippen LogP contribution in [0, 0.1) is 18.8 Å². The number of rotatable bonds is 1. The molecule has 3 heteroatoms. The van der Waals surface area contributed by atoms with Gasteiger partial charge in [0.05, 0.1) is 4.88 Å². The van der Waals surface area contributed by atoms with Crippen molar-refractivity contribution in [3.8, 4) is 0 Å². The molecule has 2 unspecified atom stereocenters.